The van der Waals surface area contributed by atoms with Crippen LogP contribution in [0.5, 0.6) is 0 Å². The van der Waals surface area contributed by atoms with Crippen molar-refractivity contribution >= 4 is 0 Å². The van der Waals surface area contributed by atoms with E-state index in [1.165, 1.54) is 6.42 Å². The van der Waals surface area contributed by atoms with Crippen molar-refractivity contribution in [3.63, 3.8) is 0 Å². The van der Waals surface area contributed by atoms with Crippen LogP contribution in [-0.2, 0) is 5.92 Å². The van der Waals surface area contributed by atoms with Gasteiger partial charge in [0, 0.05) is 17.5 Å². The van der Waals surface area contributed by atoms with E-state index in [0.29, 0.717) is 18.9 Å². The molecule has 1 atom stereocenters. The molecule has 1 N–H and O–H groups in total. The van der Waals surface area contributed by atoms with E-state index in [1.54, 1.807) is 12.1 Å². The SMILES string of the molecule is FC(F)(c1ccc(C2CCCN2)cc1)C1CC1. The Hall–Kier alpha value is -0.960. The van der Waals surface area contributed by atoms with Gasteiger partial charge in [-0.3, -0.25) is 0 Å². The van der Waals surface area contributed by atoms with Gasteiger partial charge in [-0.05, 0) is 37.8 Å². The third kappa shape index (κ3) is 2.08. The molecule has 1 unspecified atom stereocenters. The maximum absolute atomic E-state index is 13.8. The topological polar surface area (TPSA) is 12.0 Å². The molecule has 1 aliphatic carbocycles. The first kappa shape index (κ1) is 11.1. The lowest BCUT2D eigenvalue weighted by Crippen LogP contribution is -2.17. The van der Waals surface area contributed by atoms with Gasteiger partial charge in [-0.1, -0.05) is 24.3 Å². The molecule has 2 fully saturated rings. The van der Waals surface area contributed by atoms with Crippen molar-refractivity contribution in [3.05, 3.63) is 35.4 Å². The van der Waals surface area contributed by atoms with Gasteiger partial charge in [-0.25, -0.2) is 8.78 Å². The van der Waals surface area contributed by atoms with E-state index >= 15 is 0 Å². The molecule has 0 spiro atoms. The fourth-order valence-electron chi connectivity index (χ4n) is 2.59. The third-order valence-electron chi connectivity index (χ3n) is 3.85. The smallest absolute Gasteiger partial charge is 0.276 e. The second-order valence-electron chi connectivity index (χ2n) is 5.17. The average Bonchev–Trinajstić information content (AvgIpc) is 3.07. The molecule has 92 valence electrons. The standard InChI is InChI=1S/C14H17F2N/c15-14(16,12-7-8-12)11-5-3-10(4-6-11)13-2-1-9-17-13/h3-6,12-13,17H,1-2,7-9H2. The summed E-state index contributed by atoms with van der Waals surface area (Å²) in [4.78, 5) is 0. The maximum atomic E-state index is 13.8. The van der Waals surface area contributed by atoms with Crippen molar-refractivity contribution in [2.45, 2.75) is 37.6 Å². The van der Waals surface area contributed by atoms with Gasteiger partial charge >= 0.3 is 0 Å². The van der Waals surface area contributed by atoms with Crippen LogP contribution in [-0.4, -0.2) is 6.54 Å². The molecule has 0 amide bonds. The van der Waals surface area contributed by atoms with Crippen LogP contribution in [0.4, 0.5) is 8.78 Å². The molecular formula is C14H17F2N. The van der Waals surface area contributed by atoms with E-state index in [4.69, 9.17) is 0 Å². The van der Waals surface area contributed by atoms with Crippen molar-refractivity contribution in [2.75, 3.05) is 6.54 Å². The average molecular weight is 237 g/mol. The van der Waals surface area contributed by atoms with Gasteiger partial charge in [-0.15, -0.1) is 0 Å². The fraction of sp³-hybridized carbons (Fsp3) is 0.571. The first-order valence-electron chi connectivity index (χ1n) is 6.39. The molecule has 17 heavy (non-hydrogen) atoms. The molecule has 1 aromatic rings. The van der Waals surface area contributed by atoms with Crippen LogP contribution in [0, 0.1) is 5.92 Å². The van der Waals surface area contributed by atoms with Crippen LogP contribution in [0.25, 0.3) is 0 Å². The minimum absolute atomic E-state index is 0.182. The van der Waals surface area contributed by atoms with Crippen molar-refractivity contribution in [1.29, 1.82) is 0 Å². The Kier molecular flexibility index (Phi) is 2.66. The Morgan fingerprint density at radius 2 is 1.76 bits per heavy atom. The number of benzene rings is 1. The molecule has 1 aliphatic heterocycles. The molecule has 0 radical (unpaired) electrons. The minimum atomic E-state index is -2.62. The van der Waals surface area contributed by atoms with Gasteiger partial charge in [0.1, 0.15) is 0 Å². The molecule has 1 heterocycles. The molecule has 3 heteroatoms. The first-order chi connectivity index (χ1) is 8.18. The Labute approximate surface area is 100 Å². The van der Waals surface area contributed by atoms with Gasteiger partial charge in [0.15, 0.2) is 0 Å². The number of nitrogens with one attached hydrogen (secondary N) is 1. The predicted octanol–water partition coefficient (Wildman–Crippen LogP) is 3.61. The van der Waals surface area contributed by atoms with Gasteiger partial charge in [0.2, 0.25) is 0 Å². The number of hydrogen-bond donors (Lipinski definition) is 1. The zero-order chi connectivity index (χ0) is 11.9. The van der Waals surface area contributed by atoms with Crippen LogP contribution in [0.1, 0.15) is 42.9 Å². The third-order valence-corrected chi connectivity index (χ3v) is 3.85. The van der Waals surface area contributed by atoms with Crippen LogP contribution in [0.2, 0.25) is 0 Å². The van der Waals surface area contributed by atoms with Crippen LogP contribution >= 0.6 is 0 Å². The van der Waals surface area contributed by atoms with Gasteiger partial charge in [0.25, 0.3) is 5.92 Å². The van der Waals surface area contributed by atoms with Gasteiger partial charge < -0.3 is 5.32 Å². The number of alkyl halides is 2. The van der Waals surface area contributed by atoms with Crippen LogP contribution in [0.15, 0.2) is 24.3 Å². The highest BCUT2D eigenvalue weighted by atomic mass is 19.3. The van der Waals surface area contributed by atoms with Crippen molar-refractivity contribution < 1.29 is 8.78 Å². The number of halogens is 2. The zero-order valence-electron chi connectivity index (χ0n) is 9.76. The Balaban J connectivity index is 1.79. The molecule has 0 bridgehead atoms. The summed E-state index contributed by atoms with van der Waals surface area (Å²) in [6.07, 6.45) is 3.61. The molecule has 2 aliphatic rings. The van der Waals surface area contributed by atoms with E-state index in [0.717, 1.165) is 18.5 Å². The molecule has 1 nitrogen and oxygen atoms in total. The predicted molar refractivity (Wildman–Crippen MR) is 63.0 cm³/mol. The van der Waals surface area contributed by atoms with Crippen LogP contribution < -0.4 is 5.32 Å². The summed E-state index contributed by atoms with van der Waals surface area (Å²) in [6.45, 7) is 1.03. The Morgan fingerprint density at radius 3 is 2.29 bits per heavy atom. The lowest BCUT2D eigenvalue weighted by atomic mass is 9.99. The van der Waals surface area contributed by atoms with Crippen molar-refractivity contribution in [2.24, 2.45) is 5.92 Å². The highest BCUT2D eigenvalue weighted by molar-refractivity contribution is 5.29. The van der Waals surface area contributed by atoms with E-state index in [2.05, 4.69) is 5.32 Å². The highest BCUT2D eigenvalue weighted by Crippen LogP contribution is 2.49. The van der Waals surface area contributed by atoms with Crippen molar-refractivity contribution in [1.82, 2.24) is 5.32 Å². The van der Waals surface area contributed by atoms with Crippen LogP contribution in [0.3, 0.4) is 0 Å². The lowest BCUT2D eigenvalue weighted by molar-refractivity contribution is -0.0285. The molecular weight excluding hydrogens is 220 g/mol. The van der Waals surface area contributed by atoms with Gasteiger partial charge in [-0.2, -0.15) is 0 Å². The highest BCUT2D eigenvalue weighted by Gasteiger charge is 2.47. The summed E-state index contributed by atoms with van der Waals surface area (Å²) in [7, 11) is 0. The molecule has 1 saturated heterocycles. The molecule has 0 aromatic heterocycles. The van der Waals surface area contributed by atoms with Gasteiger partial charge in [0.05, 0.1) is 0 Å². The molecule has 3 rings (SSSR count). The number of rotatable bonds is 3. The first-order valence-corrected chi connectivity index (χ1v) is 6.39. The van der Waals surface area contributed by atoms with Crippen molar-refractivity contribution in [3.8, 4) is 0 Å². The maximum Gasteiger partial charge on any atom is 0.276 e. The summed E-state index contributed by atoms with van der Waals surface area (Å²) in [6, 6.07) is 7.28. The summed E-state index contributed by atoms with van der Waals surface area (Å²) >= 11 is 0. The van der Waals surface area contributed by atoms with E-state index in [1.807, 2.05) is 12.1 Å². The second-order valence-corrected chi connectivity index (χ2v) is 5.17. The number of hydrogen-bond acceptors (Lipinski definition) is 1. The monoisotopic (exact) mass is 237 g/mol. The second kappa shape index (κ2) is 4.05. The molecule has 1 saturated carbocycles. The minimum Gasteiger partial charge on any atom is -0.310 e. The Bertz CT molecular complexity index is 389. The summed E-state index contributed by atoms with van der Waals surface area (Å²) < 4.78 is 27.7. The summed E-state index contributed by atoms with van der Waals surface area (Å²) in [5.74, 6) is -3.04. The fourth-order valence-corrected chi connectivity index (χ4v) is 2.59. The summed E-state index contributed by atoms with van der Waals surface area (Å²) in [5, 5.41) is 3.38. The molecule has 1 aromatic carbocycles. The summed E-state index contributed by atoms with van der Waals surface area (Å²) in [5.41, 5.74) is 1.32. The van der Waals surface area contributed by atoms with E-state index < -0.39 is 11.8 Å². The zero-order valence-corrected chi connectivity index (χ0v) is 9.76. The lowest BCUT2D eigenvalue weighted by Gasteiger charge is -2.17. The Morgan fingerprint density at radius 1 is 1.06 bits per heavy atom. The van der Waals surface area contributed by atoms with E-state index in [9.17, 15) is 8.78 Å². The quantitative estimate of drug-likeness (QED) is 0.846. The van der Waals surface area contributed by atoms with E-state index in [-0.39, 0.29) is 5.56 Å². The largest absolute Gasteiger partial charge is 0.310 e. The normalized spacial score (nSPS) is 25.2.